The van der Waals surface area contributed by atoms with E-state index in [2.05, 4.69) is 77.5 Å². The fraction of sp³-hybridized carbons (Fsp3) is 0.278. The molecule has 0 N–H and O–H groups in total. The van der Waals surface area contributed by atoms with Crippen LogP contribution < -0.4 is 0 Å². The molecule has 0 amide bonds. The number of hydrogen-bond donors (Lipinski definition) is 0. The zero-order chi connectivity index (χ0) is 13.8. The van der Waals surface area contributed by atoms with E-state index in [4.69, 9.17) is 0 Å². The van der Waals surface area contributed by atoms with Gasteiger partial charge in [-0.05, 0) is 24.2 Å². The van der Waals surface area contributed by atoms with Crippen LogP contribution in [0.3, 0.4) is 0 Å². The van der Waals surface area contributed by atoms with Gasteiger partial charge in [0.05, 0.1) is 6.04 Å². The molecule has 0 atom stereocenters. The number of rotatable bonds is 3. The minimum absolute atomic E-state index is 0. The summed E-state index contributed by atoms with van der Waals surface area (Å²) in [7, 11) is 4.04. The van der Waals surface area contributed by atoms with Gasteiger partial charge in [0, 0.05) is 13.1 Å². The van der Waals surface area contributed by atoms with Crippen molar-refractivity contribution >= 4 is 0 Å². The first-order valence-corrected chi connectivity index (χ1v) is 7.24. The zero-order valence-electron chi connectivity index (χ0n) is 12.2. The van der Waals surface area contributed by atoms with Crippen molar-refractivity contribution in [2.45, 2.75) is 6.04 Å². The minimum atomic E-state index is 0. The fourth-order valence-electron chi connectivity index (χ4n) is 2.91. The molecule has 0 bridgehead atoms. The summed E-state index contributed by atoms with van der Waals surface area (Å²) in [6.07, 6.45) is 0. The van der Waals surface area contributed by atoms with E-state index in [0.29, 0.717) is 6.04 Å². The Morgan fingerprint density at radius 3 is 1.57 bits per heavy atom. The summed E-state index contributed by atoms with van der Waals surface area (Å²) in [6, 6.07) is 22.0. The van der Waals surface area contributed by atoms with Gasteiger partial charge in [-0.25, -0.2) is 0 Å². The third-order valence-corrected chi connectivity index (χ3v) is 4.00. The predicted octanol–water partition coefficient (Wildman–Crippen LogP) is 3.18. The van der Waals surface area contributed by atoms with Crippen molar-refractivity contribution in [2.75, 3.05) is 26.2 Å². The second-order valence-corrected chi connectivity index (χ2v) is 5.38. The summed E-state index contributed by atoms with van der Waals surface area (Å²) in [5.41, 5.74) is 2.74. The Morgan fingerprint density at radius 2 is 1.14 bits per heavy atom. The van der Waals surface area contributed by atoms with Crippen molar-refractivity contribution in [3.05, 3.63) is 78.8 Å². The summed E-state index contributed by atoms with van der Waals surface area (Å²) in [4.78, 5) is 4.72. The molecule has 0 radical (unpaired) electrons. The van der Waals surface area contributed by atoms with E-state index in [-0.39, 0.29) is 21.1 Å². The molecule has 2 aromatic rings. The van der Waals surface area contributed by atoms with Crippen LogP contribution in [-0.2, 0) is 21.1 Å². The van der Waals surface area contributed by atoms with E-state index in [1.807, 2.05) is 0 Å². The molecule has 1 aliphatic rings. The van der Waals surface area contributed by atoms with E-state index in [0.717, 1.165) is 26.2 Å². The van der Waals surface area contributed by atoms with Crippen molar-refractivity contribution in [3.63, 3.8) is 0 Å². The minimum Gasteiger partial charge on any atom is -0.457 e. The molecule has 2 aromatic carbocycles. The third-order valence-electron chi connectivity index (χ3n) is 4.00. The van der Waals surface area contributed by atoms with E-state index < -0.39 is 0 Å². The molecule has 1 fully saturated rings. The summed E-state index contributed by atoms with van der Waals surface area (Å²) < 4.78 is 0. The van der Waals surface area contributed by atoms with E-state index in [9.17, 15) is 0 Å². The summed E-state index contributed by atoms with van der Waals surface area (Å²) in [6.45, 7) is 4.21. The molecular formula is C18H21N2W+. The number of piperazine rings is 1. The second kappa shape index (κ2) is 7.89. The molecule has 0 aliphatic carbocycles. The van der Waals surface area contributed by atoms with Gasteiger partial charge in [0.1, 0.15) is 0 Å². The normalized spacial score (nSPS) is 16.7. The molecule has 1 heterocycles. The topological polar surface area (TPSA) is 6.48 Å². The molecular weight excluding hydrogens is 428 g/mol. The van der Waals surface area contributed by atoms with Crippen LogP contribution in [0.15, 0.2) is 60.7 Å². The van der Waals surface area contributed by atoms with Crippen molar-refractivity contribution in [2.24, 2.45) is 0 Å². The largest absolute Gasteiger partial charge is 2.00 e. The molecule has 108 valence electrons. The first-order valence-electron chi connectivity index (χ1n) is 7.24. The standard InChI is InChI=1S/C18H21N2.W/c1-19-12-14-20(15-13-19)18(16-8-4-2-5-9-16)17-10-6-3-7-11-17;/h2-11,18H,1,12-15H2;/q-1;+2. The Hall–Kier alpha value is -0.952. The van der Waals surface area contributed by atoms with Gasteiger partial charge in [-0.15, -0.1) is 0 Å². The van der Waals surface area contributed by atoms with Gasteiger partial charge in [-0.2, -0.15) is 0 Å². The first-order chi connectivity index (χ1) is 9.84. The quantitative estimate of drug-likeness (QED) is 0.665. The van der Waals surface area contributed by atoms with Crippen LogP contribution in [0.25, 0.3) is 0 Å². The number of nitrogens with zero attached hydrogens (tertiary/aromatic N) is 2. The van der Waals surface area contributed by atoms with Crippen LogP contribution in [0.1, 0.15) is 17.2 Å². The van der Waals surface area contributed by atoms with Gasteiger partial charge in [0.15, 0.2) is 0 Å². The van der Waals surface area contributed by atoms with Crippen molar-refractivity contribution in [1.82, 2.24) is 9.80 Å². The van der Waals surface area contributed by atoms with Gasteiger partial charge in [0.25, 0.3) is 0 Å². The molecule has 0 aromatic heterocycles. The SMILES string of the molecule is [CH2-]N1CCN(C(c2ccccc2)c2ccccc2)CC1.[W+2]. The summed E-state index contributed by atoms with van der Waals surface area (Å²) in [5.74, 6) is 0. The number of hydrogen-bond acceptors (Lipinski definition) is 2. The van der Waals surface area contributed by atoms with Crippen LogP contribution in [-0.4, -0.2) is 36.0 Å². The summed E-state index contributed by atoms with van der Waals surface area (Å²) >= 11 is 0. The Morgan fingerprint density at radius 1 is 0.714 bits per heavy atom. The Kier molecular flexibility index (Phi) is 6.17. The average Bonchev–Trinajstić information content (AvgIpc) is 2.52. The molecule has 3 rings (SSSR count). The maximum atomic E-state index is 4.04. The smallest absolute Gasteiger partial charge is 0.457 e. The fourth-order valence-corrected chi connectivity index (χ4v) is 2.91. The predicted molar refractivity (Wildman–Crippen MR) is 83.2 cm³/mol. The Bertz CT molecular complexity index is 482. The van der Waals surface area contributed by atoms with Crippen LogP contribution >= 0.6 is 0 Å². The molecule has 0 saturated carbocycles. The zero-order valence-corrected chi connectivity index (χ0v) is 15.1. The van der Waals surface area contributed by atoms with Gasteiger partial charge in [-0.3, -0.25) is 11.9 Å². The van der Waals surface area contributed by atoms with Crippen molar-refractivity contribution < 1.29 is 21.1 Å². The summed E-state index contributed by atoms with van der Waals surface area (Å²) in [5, 5.41) is 0. The number of benzene rings is 2. The maximum absolute atomic E-state index is 4.04. The van der Waals surface area contributed by atoms with Gasteiger partial charge in [0.2, 0.25) is 0 Å². The van der Waals surface area contributed by atoms with Gasteiger partial charge >= 0.3 is 21.1 Å². The third kappa shape index (κ3) is 4.03. The molecule has 1 saturated heterocycles. The Labute approximate surface area is 142 Å². The molecule has 2 nitrogen and oxygen atoms in total. The van der Waals surface area contributed by atoms with Crippen LogP contribution in [0, 0.1) is 7.05 Å². The monoisotopic (exact) mass is 449 g/mol. The van der Waals surface area contributed by atoms with Gasteiger partial charge < -0.3 is 4.90 Å². The van der Waals surface area contributed by atoms with Crippen LogP contribution in [0.2, 0.25) is 0 Å². The van der Waals surface area contributed by atoms with Crippen LogP contribution in [0.4, 0.5) is 0 Å². The first kappa shape index (κ1) is 16.4. The van der Waals surface area contributed by atoms with E-state index in [1.165, 1.54) is 11.1 Å². The second-order valence-electron chi connectivity index (χ2n) is 5.38. The molecule has 21 heavy (non-hydrogen) atoms. The van der Waals surface area contributed by atoms with Crippen molar-refractivity contribution in [1.29, 1.82) is 0 Å². The van der Waals surface area contributed by atoms with Crippen LogP contribution in [0.5, 0.6) is 0 Å². The van der Waals surface area contributed by atoms with E-state index in [1.54, 1.807) is 0 Å². The average molecular weight is 449 g/mol. The molecule has 0 spiro atoms. The molecule has 1 aliphatic heterocycles. The molecule has 0 unspecified atom stereocenters. The van der Waals surface area contributed by atoms with Gasteiger partial charge in [-0.1, -0.05) is 60.7 Å². The Balaban J connectivity index is 0.00000161. The maximum Gasteiger partial charge on any atom is 2.00 e. The van der Waals surface area contributed by atoms with E-state index >= 15 is 0 Å². The molecule has 3 heteroatoms. The van der Waals surface area contributed by atoms with Crippen molar-refractivity contribution in [3.8, 4) is 0 Å².